The van der Waals surface area contributed by atoms with E-state index >= 15 is 0 Å². The number of aryl methyl sites for hydroxylation is 1. The minimum Gasteiger partial charge on any atom is -0.480 e. The lowest BCUT2D eigenvalue weighted by Crippen LogP contribution is -2.38. The van der Waals surface area contributed by atoms with Crippen LogP contribution in [0.5, 0.6) is 0 Å². The van der Waals surface area contributed by atoms with Crippen molar-refractivity contribution >= 4 is 39.1 Å². The maximum absolute atomic E-state index is 11.6. The lowest BCUT2D eigenvalue weighted by molar-refractivity contribution is -0.138. The van der Waals surface area contributed by atoms with Gasteiger partial charge in [-0.05, 0) is 40.7 Å². The third-order valence-electron chi connectivity index (χ3n) is 1.82. The van der Waals surface area contributed by atoms with Crippen LogP contribution in [0.15, 0.2) is 9.85 Å². The molecule has 0 aliphatic carbocycles. The van der Waals surface area contributed by atoms with E-state index in [-0.39, 0.29) is 5.91 Å². The highest BCUT2D eigenvalue weighted by Gasteiger charge is 2.19. The molecule has 1 aromatic rings. The van der Waals surface area contributed by atoms with Crippen LogP contribution in [0.2, 0.25) is 0 Å². The van der Waals surface area contributed by atoms with Crippen molar-refractivity contribution in [2.45, 2.75) is 19.9 Å². The van der Waals surface area contributed by atoms with Crippen LogP contribution >= 0.6 is 27.3 Å². The molecule has 1 atom stereocenters. The average molecular weight is 292 g/mol. The summed E-state index contributed by atoms with van der Waals surface area (Å²) in [5.74, 6) is -1.41. The van der Waals surface area contributed by atoms with Gasteiger partial charge in [0.1, 0.15) is 10.9 Å². The average Bonchev–Trinajstić information content (AvgIpc) is 2.47. The van der Waals surface area contributed by atoms with E-state index in [4.69, 9.17) is 5.11 Å². The molecule has 1 heterocycles. The van der Waals surface area contributed by atoms with Gasteiger partial charge in [0.25, 0.3) is 5.91 Å². The Hall–Kier alpha value is -0.880. The van der Waals surface area contributed by atoms with Gasteiger partial charge in [-0.2, -0.15) is 0 Å². The highest BCUT2D eigenvalue weighted by atomic mass is 79.9. The van der Waals surface area contributed by atoms with Crippen LogP contribution in [-0.4, -0.2) is 23.0 Å². The summed E-state index contributed by atoms with van der Waals surface area (Å²) in [6.07, 6.45) is 0. The van der Waals surface area contributed by atoms with Crippen LogP contribution in [0.25, 0.3) is 0 Å². The topological polar surface area (TPSA) is 66.4 Å². The van der Waals surface area contributed by atoms with Crippen molar-refractivity contribution in [1.29, 1.82) is 0 Å². The van der Waals surface area contributed by atoms with Gasteiger partial charge in [0, 0.05) is 4.47 Å². The number of rotatable bonds is 3. The van der Waals surface area contributed by atoms with Gasteiger partial charge in [0.15, 0.2) is 0 Å². The van der Waals surface area contributed by atoms with Gasteiger partial charge in [0.05, 0.1) is 0 Å². The van der Waals surface area contributed by atoms with Gasteiger partial charge in [-0.15, -0.1) is 11.3 Å². The second kappa shape index (κ2) is 4.76. The SMILES string of the molecule is Cc1csc(C(=O)N[C@H](C)C(=O)O)c1Br. The van der Waals surface area contributed by atoms with E-state index in [9.17, 15) is 9.59 Å². The molecule has 0 aliphatic rings. The number of thiophene rings is 1. The molecule has 0 saturated heterocycles. The fraction of sp³-hybridized carbons (Fsp3) is 0.333. The molecule has 15 heavy (non-hydrogen) atoms. The van der Waals surface area contributed by atoms with Crippen molar-refractivity contribution in [3.8, 4) is 0 Å². The van der Waals surface area contributed by atoms with Gasteiger partial charge in [-0.25, -0.2) is 0 Å². The maximum atomic E-state index is 11.6. The summed E-state index contributed by atoms with van der Waals surface area (Å²) in [6, 6.07) is -0.883. The molecule has 6 heteroatoms. The van der Waals surface area contributed by atoms with E-state index in [2.05, 4.69) is 21.2 Å². The third-order valence-corrected chi connectivity index (χ3v) is 4.20. The summed E-state index contributed by atoms with van der Waals surface area (Å²) in [6.45, 7) is 3.30. The molecular weight excluding hydrogens is 282 g/mol. The Bertz CT molecular complexity index is 402. The Morgan fingerprint density at radius 2 is 2.20 bits per heavy atom. The van der Waals surface area contributed by atoms with Crippen molar-refractivity contribution in [1.82, 2.24) is 5.32 Å². The molecule has 82 valence electrons. The molecule has 0 fully saturated rings. The summed E-state index contributed by atoms with van der Waals surface area (Å²) >= 11 is 4.57. The van der Waals surface area contributed by atoms with Gasteiger partial charge in [-0.3, -0.25) is 9.59 Å². The molecule has 1 rings (SSSR count). The van der Waals surface area contributed by atoms with Crippen molar-refractivity contribution in [2.24, 2.45) is 0 Å². The first-order valence-electron chi connectivity index (χ1n) is 4.20. The Morgan fingerprint density at radius 1 is 1.60 bits per heavy atom. The molecule has 0 unspecified atom stereocenters. The summed E-state index contributed by atoms with van der Waals surface area (Å²) < 4.78 is 0.725. The summed E-state index contributed by atoms with van der Waals surface area (Å²) in [5, 5.41) is 12.9. The first-order chi connectivity index (χ1) is 6.93. The van der Waals surface area contributed by atoms with Crippen molar-refractivity contribution in [3.63, 3.8) is 0 Å². The van der Waals surface area contributed by atoms with E-state index in [1.165, 1.54) is 18.3 Å². The van der Waals surface area contributed by atoms with Crippen LogP contribution < -0.4 is 5.32 Å². The van der Waals surface area contributed by atoms with Crippen molar-refractivity contribution < 1.29 is 14.7 Å². The zero-order valence-electron chi connectivity index (χ0n) is 8.20. The second-order valence-corrected chi connectivity index (χ2v) is 4.77. The molecule has 0 radical (unpaired) electrons. The summed E-state index contributed by atoms with van der Waals surface area (Å²) in [4.78, 5) is 22.6. The zero-order chi connectivity index (χ0) is 11.6. The van der Waals surface area contributed by atoms with E-state index in [0.29, 0.717) is 4.88 Å². The Kier molecular flexibility index (Phi) is 3.87. The molecule has 0 aromatic carbocycles. The Morgan fingerprint density at radius 3 is 2.60 bits per heavy atom. The monoisotopic (exact) mass is 291 g/mol. The van der Waals surface area contributed by atoms with E-state index in [1.807, 2.05) is 12.3 Å². The molecule has 4 nitrogen and oxygen atoms in total. The number of carbonyl (C=O) groups is 2. The fourth-order valence-corrected chi connectivity index (χ4v) is 2.48. The molecule has 0 aliphatic heterocycles. The normalized spacial score (nSPS) is 12.2. The number of hydrogen-bond acceptors (Lipinski definition) is 3. The number of halogens is 1. The van der Waals surface area contributed by atoms with Crippen LogP contribution in [0.3, 0.4) is 0 Å². The van der Waals surface area contributed by atoms with Crippen LogP contribution in [0.4, 0.5) is 0 Å². The van der Waals surface area contributed by atoms with Gasteiger partial charge in [0.2, 0.25) is 0 Å². The smallest absolute Gasteiger partial charge is 0.325 e. The standard InChI is InChI=1S/C9H10BrNO3S/c1-4-3-15-7(6(4)10)8(12)11-5(2)9(13)14/h3,5H,1-2H3,(H,11,12)(H,13,14)/t5-/m1/s1. The largest absolute Gasteiger partial charge is 0.480 e. The predicted octanol–water partition coefficient (Wildman–Crippen LogP) is 2.02. The first kappa shape index (κ1) is 12.2. The van der Waals surface area contributed by atoms with Crippen LogP contribution in [0, 0.1) is 6.92 Å². The summed E-state index contributed by atoms with van der Waals surface area (Å²) in [5.41, 5.74) is 0.966. The fourth-order valence-electron chi connectivity index (χ4n) is 0.907. The lowest BCUT2D eigenvalue weighted by Gasteiger charge is -2.07. The highest BCUT2D eigenvalue weighted by Crippen LogP contribution is 2.27. The number of hydrogen-bond donors (Lipinski definition) is 2. The number of carboxylic acid groups (broad SMARTS) is 1. The minimum absolute atomic E-state index is 0.366. The van der Waals surface area contributed by atoms with Gasteiger partial charge in [-0.1, -0.05) is 0 Å². The summed E-state index contributed by atoms with van der Waals surface area (Å²) in [7, 11) is 0. The molecule has 0 bridgehead atoms. The highest BCUT2D eigenvalue weighted by molar-refractivity contribution is 9.10. The molecule has 0 saturated carbocycles. The van der Waals surface area contributed by atoms with E-state index < -0.39 is 12.0 Å². The quantitative estimate of drug-likeness (QED) is 0.895. The Labute approximate surface area is 99.4 Å². The number of carboxylic acids is 1. The molecule has 2 N–H and O–H groups in total. The van der Waals surface area contributed by atoms with Crippen LogP contribution in [0.1, 0.15) is 22.2 Å². The zero-order valence-corrected chi connectivity index (χ0v) is 10.6. The number of amides is 1. The first-order valence-corrected chi connectivity index (χ1v) is 5.88. The van der Waals surface area contributed by atoms with Crippen molar-refractivity contribution in [2.75, 3.05) is 0 Å². The number of nitrogens with one attached hydrogen (secondary N) is 1. The van der Waals surface area contributed by atoms with Crippen LogP contribution in [-0.2, 0) is 4.79 Å². The molecule has 1 amide bonds. The lowest BCUT2D eigenvalue weighted by atomic mass is 10.3. The van der Waals surface area contributed by atoms with Gasteiger partial charge < -0.3 is 10.4 Å². The predicted molar refractivity (Wildman–Crippen MR) is 61.3 cm³/mol. The molecular formula is C9H10BrNO3S. The molecule has 0 spiro atoms. The number of aliphatic carboxylic acids is 1. The van der Waals surface area contributed by atoms with Gasteiger partial charge >= 0.3 is 5.97 Å². The Balaban J connectivity index is 2.78. The minimum atomic E-state index is -1.05. The molecule has 1 aromatic heterocycles. The van der Waals surface area contributed by atoms with E-state index in [0.717, 1.165) is 10.0 Å². The number of carbonyl (C=O) groups excluding carboxylic acids is 1. The van der Waals surface area contributed by atoms with Crippen molar-refractivity contribution in [3.05, 3.63) is 20.3 Å². The third kappa shape index (κ3) is 2.79. The maximum Gasteiger partial charge on any atom is 0.325 e. The second-order valence-electron chi connectivity index (χ2n) is 3.10. The van der Waals surface area contributed by atoms with E-state index in [1.54, 1.807) is 0 Å².